The fourth-order valence-electron chi connectivity index (χ4n) is 2.46. The smallest absolute Gasteiger partial charge is 0.231 e. The number of halogens is 1. The van der Waals surface area contributed by atoms with Crippen LogP contribution in [0.5, 0.6) is 0 Å². The Balaban J connectivity index is 2.29. The molecule has 1 aliphatic carbocycles. The lowest BCUT2D eigenvalue weighted by Gasteiger charge is -2.42. The predicted molar refractivity (Wildman–Crippen MR) is 71.2 cm³/mol. The molecule has 1 fully saturated rings. The molecule has 0 aromatic heterocycles. The maximum absolute atomic E-state index is 14.0. The molecule has 0 bridgehead atoms. The van der Waals surface area contributed by atoms with Gasteiger partial charge in [-0.2, -0.15) is 0 Å². The number of hydrogen-bond donors (Lipinski definition) is 2. The van der Waals surface area contributed by atoms with E-state index >= 15 is 0 Å². The fourth-order valence-corrected chi connectivity index (χ4v) is 2.46. The summed E-state index contributed by atoms with van der Waals surface area (Å²) in [5.41, 5.74) is -0.990. The van der Waals surface area contributed by atoms with Gasteiger partial charge < -0.3 is 10.4 Å². The van der Waals surface area contributed by atoms with Crippen molar-refractivity contribution in [2.45, 2.75) is 44.1 Å². The zero-order valence-corrected chi connectivity index (χ0v) is 11.4. The highest BCUT2D eigenvalue weighted by molar-refractivity contribution is 5.89. The van der Waals surface area contributed by atoms with Crippen molar-refractivity contribution >= 4 is 5.91 Å². The number of hydrogen-bond acceptors (Lipinski definition) is 2. The molecule has 0 radical (unpaired) electrons. The zero-order valence-electron chi connectivity index (χ0n) is 11.4. The number of benzene rings is 1. The summed E-state index contributed by atoms with van der Waals surface area (Å²) in [4.78, 5) is 12.5. The van der Waals surface area contributed by atoms with Crippen molar-refractivity contribution in [1.29, 1.82) is 0 Å². The van der Waals surface area contributed by atoms with Gasteiger partial charge in [-0.05, 0) is 32.8 Å². The molecule has 0 unspecified atom stereocenters. The molecule has 19 heavy (non-hydrogen) atoms. The summed E-state index contributed by atoms with van der Waals surface area (Å²) in [5, 5.41) is 12.1. The van der Waals surface area contributed by atoms with Gasteiger partial charge in [0.25, 0.3) is 0 Å². The average Bonchev–Trinajstić information content (AvgIpc) is 2.29. The molecule has 3 nitrogen and oxygen atoms in total. The molecule has 4 heteroatoms. The van der Waals surface area contributed by atoms with E-state index in [0.29, 0.717) is 18.4 Å². The Morgan fingerprint density at radius 1 is 1.42 bits per heavy atom. The van der Waals surface area contributed by atoms with Gasteiger partial charge >= 0.3 is 0 Å². The van der Waals surface area contributed by atoms with Crippen LogP contribution in [-0.2, 0) is 10.2 Å². The molecule has 1 aromatic carbocycles. The topological polar surface area (TPSA) is 49.3 Å². The quantitative estimate of drug-likeness (QED) is 0.876. The summed E-state index contributed by atoms with van der Waals surface area (Å²) in [7, 11) is 0. The molecule has 0 spiro atoms. The molecule has 1 aromatic rings. The van der Waals surface area contributed by atoms with Crippen molar-refractivity contribution in [2.75, 3.05) is 6.61 Å². The van der Waals surface area contributed by atoms with Crippen molar-refractivity contribution < 1.29 is 14.3 Å². The average molecular weight is 265 g/mol. The van der Waals surface area contributed by atoms with E-state index in [1.807, 2.05) is 0 Å². The minimum atomic E-state index is -0.766. The summed E-state index contributed by atoms with van der Waals surface area (Å²) >= 11 is 0. The van der Waals surface area contributed by atoms with Crippen molar-refractivity contribution in [3.8, 4) is 0 Å². The number of rotatable bonds is 4. The number of amides is 1. The van der Waals surface area contributed by atoms with Gasteiger partial charge in [-0.15, -0.1) is 0 Å². The van der Waals surface area contributed by atoms with Crippen LogP contribution < -0.4 is 5.32 Å². The first kappa shape index (κ1) is 14.0. The third-order valence-corrected chi connectivity index (χ3v) is 3.88. The largest absolute Gasteiger partial charge is 0.394 e. The van der Waals surface area contributed by atoms with Crippen LogP contribution >= 0.6 is 0 Å². The van der Waals surface area contributed by atoms with Crippen LogP contribution in [0.25, 0.3) is 0 Å². The molecule has 0 aliphatic heterocycles. The van der Waals surface area contributed by atoms with Crippen molar-refractivity contribution in [3.05, 3.63) is 35.6 Å². The van der Waals surface area contributed by atoms with E-state index in [-0.39, 0.29) is 18.3 Å². The second-order valence-corrected chi connectivity index (χ2v) is 5.91. The molecule has 2 N–H and O–H groups in total. The normalized spacial score (nSPS) is 17.7. The number of nitrogens with one attached hydrogen (secondary N) is 1. The van der Waals surface area contributed by atoms with Crippen LogP contribution in [-0.4, -0.2) is 23.2 Å². The molecule has 2 rings (SSSR count). The highest BCUT2D eigenvalue weighted by Gasteiger charge is 2.48. The van der Waals surface area contributed by atoms with Crippen molar-refractivity contribution in [2.24, 2.45) is 0 Å². The minimum Gasteiger partial charge on any atom is -0.394 e. The van der Waals surface area contributed by atoms with Gasteiger partial charge in [0, 0.05) is 5.56 Å². The highest BCUT2D eigenvalue weighted by atomic mass is 19.1. The van der Waals surface area contributed by atoms with Crippen molar-refractivity contribution in [3.63, 3.8) is 0 Å². The fraction of sp³-hybridized carbons (Fsp3) is 0.533. The zero-order chi connectivity index (χ0) is 14.1. The Bertz CT molecular complexity index is 481. The van der Waals surface area contributed by atoms with Gasteiger partial charge in [-0.3, -0.25) is 4.79 Å². The lowest BCUT2D eigenvalue weighted by molar-refractivity contribution is -0.132. The maximum Gasteiger partial charge on any atom is 0.231 e. The van der Waals surface area contributed by atoms with Gasteiger partial charge in [0.15, 0.2) is 0 Å². The Hall–Kier alpha value is -1.42. The standard InChI is InChI=1S/C15H20FNO2/c1-14(2,10-18)17-13(19)15(8-5-9-15)11-6-3-4-7-12(11)16/h3-4,6-7,18H,5,8-10H2,1-2H3,(H,17,19). The Morgan fingerprint density at radius 2 is 2.05 bits per heavy atom. The SMILES string of the molecule is CC(C)(CO)NC(=O)C1(c2ccccc2F)CCC1. The minimum absolute atomic E-state index is 0.147. The Kier molecular flexibility index (Phi) is 3.63. The lowest BCUT2D eigenvalue weighted by Crippen LogP contribution is -2.56. The first-order chi connectivity index (χ1) is 8.91. The van der Waals surface area contributed by atoms with E-state index in [0.717, 1.165) is 6.42 Å². The summed E-state index contributed by atoms with van der Waals surface area (Å²) in [5.74, 6) is -0.526. The molecule has 1 saturated carbocycles. The molecule has 104 valence electrons. The lowest BCUT2D eigenvalue weighted by atomic mass is 9.63. The van der Waals surface area contributed by atoms with Crippen LogP contribution in [0.4, 0.5) is 4.39 Å². The summed E-state index contributed by atoms with van der Waals surface area (Å²) in [6, 6.07) is 6.45. The number of aliphatic hydroxyl groups excluding tert-OH is 1. The van der Waals surface area contributed by atoms with E-state index in [2.05, 4.69) is 5.32 Å². The van der Waals surface area contributed by atoms with E-state index in [1.54, 1.807) is 32.0 Å². The molecular formula is C15H20FNO2. The van der Waals surface area contributed by atoms with E-state index in [4.69, 9.17) is 0 Å². The first-order valence-electron chi connectivity index (χ1n) is 6.60. The molecule has 0 heterocycles. The highest BCUT2D eigenvalue weighted by Crippen LogP contribution is 2.45. The second kappa shape index (κ2) is 4.93. The molecule has 1 aliphatic rings. The molecule has 0 atom stereocenters. The number of carbonyl (C=O) groups excluding carboxylic acids is 1. The van der Waals surface area contributed by atoms with Crippen molar-refractivity contribution in [1.82, 2.24) is 5.32 Å². The third kappa shape index (κ3) is 2.50. The summed E-state index contributed by atoms with van der Waals surface area (Å²) < 4.78 is 14.0. The third-order valence-electron chi connectivity index (χ3n) is 3.88. The first-order valence-corrected chi connectivity index (χ1v) is 6.60. The second-order valence-electron chi connectivity index (χ2n) is 5.91. The van der Waals surface area contributed by atoms with Crippen LogP contribution in [0.3, 0.4) is 0 Å². The van der Waals surface area contributed by atoms with Crippen LogP contribution in [0.1, 0.15) is 38.7 Å². The predicted octanol–water partition coefficient (Wildman–Crippen LogP) is 2.13. The monoisotopic (exact) mass is 265 g/mol. The molecule has 0 saturated heterocycles. The van der Waals surface area contributed by atoms with E-state index in [1.165, 1.54) is 6.07 Å². The van der Waals surface area contributed by atoms with Crippen LogP contribution in [0.2, 0.25) is 0 Å². The molecule has 1 amide bonds. The van der Waals surface area contributed by atoms with Gasteiger partial charge in [0.1, 0.15) is 5.82 Å². The number of aliphatic hydroxyl groups is 1. The van der Waals surface area contributed by atoms with Gasteiger partial charge in [0.05, 0.1) is 17.6 Å². The van der Waals surface area contributed by atoms with E-state index < -0.39 is 11.0 Å². The Labute approximate surface area is 112 Å². The Morgan fingerprint density at radius 3 is 2.53 bits per heavy atom. The summed E-state index contributed by atoms with van der Waals surface area (Å²) in [6.07, 6.45) is 2.23. The van der Waals surface area contributed by atoms with Gasteiger partial charge in [0.2, 0.25) is 5.91 Å². The van der Waals surface area contributed by atoms with E-state index in [9.17, 15) is 14.3 Å². The van der Waals surface area contributed by atoms with Crippen LogP contribution in [0.15, 0.2) is 24.3 Å². The van der Waals surface area contributed by atoms with Gasteiger partial charge in [-0.1, -0.05) is 24.6 Å². The summed E-state index contributed by atoms with van der Waals surface area (Å²) in [6.45, 7) is 3.35. The molecular weight excluding hydrogens is 245 g/mol. The number of carbonyl (C=O) groups is 1. The maximum atomic E-state index is 14.0. The van der Waals surface area contributed by atoms with Gasteiger partial charge in [-0.25, -0.2) is 4.39 Å². The van der Waals surface area contributed by atoms with Crippen LogP contribution in [0, 0.1) is 5.82 Å².